The van der Waals surface area contributed by atoms with Crippen molar-refractivity contribution < 1.29 is 4.79 Å². The van der Waals surface area contributed by atoms with Gasteiger partial charge in [-0.05, 0) is 51.0 Å². The van der Waals surface area contributed by atoms with Crippen LogP contribution in [0.3, 0.4) is 0 Å². The Morgan fingerprint density at radius 2 is 1.70 bits per heavy atom. The molecule has 1 atom stereocenters. The average molecular weight is 267 g/mol. The molecule has 0 heterocycles. The number of benzene rings is 2. The molecule has 0 aliphatic rings. The largest absolute Gasteiger partial charge is 0.346 e. The van der Waals surface area contributed by atoms with Gasteiger partial charge in [0.2, 0.25) is 0 Å². The number of carbonyl (C=O) groups is 1. The van der Waals surface area contributed by atoms with E-state index in [9.17, 15) is 4.79 Å². The van der Waals surface area contributed by atoms with E-state index in [0.717, 1.165) is 5.56 Å². The second-order valence-corrected chi connectivity index (χ2v) is 5.42. The lowest BCUT2D eigenvalue weighted by Gasteiger charge is -2.17. The van der Waals surface area contributed by atoms with Crippen LogP contribution >= 0.6 is 0 Å². The summed E-state index contributed by atoms with van der Waals surface area (Å²) in [6, 6.07) is 14.0. The molecule has 0 saturated carbocycles. The first-order valence-corrected chi connectivity index (χ1v) is 6.92. The molecule has 0 saturated heterocycles. The average Bonchev–Trinajstić information content (AvgIpc) is 2.41. The van der Waals surface area contributed by atoms with Crippen molar-refractivity contribution in [3.8, 4) is 0 Å². The van der Waals surface area contributed by atoms with E-state index >= 15 is 0 Å². The maximum Gasteiger partial charge on any atom is 0.251 e. The molecule has 1 N–H and O–H groups in total. The van der Waals surface area contributed by atoms with Crippen molar-refractivity contribution in [2.24, 2.45) is 0 Å². The Kier molecular flexibility index (Phi) is 4.23. The number of amides is 1. The zero-order chi connectivity index (χ0) is 14.7. The molecule has 0 aromatic heterocycles. The lowest BCUT2D eigenvalue weighted by atomic mass is 9.99. The molecule has 0 spiro atoms. The van der Waals surface area contributed by atoms with Gasteiger partial charge in [-0.3, -0.25) is 4.79 Å². The lowest BCUT2D eigenvalue weighted by Crippen LogP contribution is -2.27. The fraction of sp³-hybridized carbons (Fsp3) is 0.278. The summed E-state index contributed by atoms with van der Waals surface area (Å²) in [5, 5.41) is 3.07. The first-order chi connectivity index (χ1) is 9.47. The van der Waals surface area contributed by atoms with Crippen molar-refractivity contribution >= 4 is 5.91 Å². The minimum atomic E-state index is -0.0258. The molecule has 0 radical (unpaired) electrons. The third-order valence-electron chi connectivity index (χ3n) is 3.53. The Labute approximate surface area is 120 Å². The van der Waals surface area contributed by atoms with E-state index in [4.69, 9.17) is 0 Å². The van der Waals surface area contributed by atoms with Crippen LogP contribution in [0, 0.1) is 20.8 Å². The zero-order valence-corrected chi connectivity index (χ0v) is 12.5. The fourth-order valence-corrected chi connectivity index (χ4v) is 2.37. The number of hydrogen-bond acceptors (Lipinski definition) is 1. The second-order valence-electron chi connectivity index (χ2n) is 5.42. The minimum absolute atomic E-state index is 0.00270. The number of aryl methyl sites for hydroxylation is 3. The van der Waals surface area contributed by atoms with E-state index in [0.29, 0.717) is 5.56 Å². The summed E-state index contributed by atoms with van der Waals surface area (Å²) >= 11 is 0. The topological polar surface area (TPSA) is 29.1 Å². The molecule has 20 heavy (non-hydrogen) atoms. The molecule has 0 unspecified atom stereocenters. The summed E-state index contributed by atoms with van der Waals surface area (Å²) in [5.74, 6) is -0.0258. The standard InChI is InChI=1S/C18H21NO/c1-12-6-5-7-16(10-12)18(20)19-15(4)17-11-13(2)8-9-14(17)3/h5-11,15H,1-4H3,(H,19,20)/t15-/m0/s1. The minimum Gasteiger partial charge on any atom is -0.346 e. The number of nitrogens with one attached hydrogen (secondary N) is 1. The Morgan fingerprint density at radius 1 is 1.00 bits per heavy atom. The van der Waals surface area contributed by atoms with Gasteiger partial charge in [-0.25, -0.2) is 0 Å². The first-order valence-electron chi connectivity index (χ1n) is 6.92. The molecule has 0 fully saturated rings. The number of carbonyl (C=O) groups excluding carboxylic acids is 1. The summed E-state index contributed by atoms with van der Waals surface area (Å²) in [6.45, 7) is 8.16. The van der Waals surface area contributed by atoms with Gasteiger partial charge in [-0.2, -0.15) is 0 Å². The molecule has 2 aromatic carbocycles. The predicted molar refractivity (Wildman–Crippen MR) is 83.0 cm³/mol. The third-order valence-corrected chi connectivity index (χ3v) is 3.53. The SMILES string of the molecule is Cc1cccc(C(=O)N[C@@H](C)c2cc(C)ccc2C)c1. The molecule has 104 valence electrons. The second kappa shape index (κ2) is 5.91. The summed E-state index contributed by atoms with van der Waals surface area (Å²) < 4.78 is 0. The highest BCUT2D eigenvalue weighted by molar-refractivity contribution is 5.94. The summed E-state index contributed by atoms with van der Waals surface area (Å²) in [7, 11) is 0. The van der Waals surface area contributed by atoms with E-state index < -0.39 is 0 Å². The Balaban J connectivity index is 2.17. The molecular weight excluding hydrogens is 246 g/mol. The van der Waals surface area contributed by atoms with Gasteiger partial charge in [-0.1, -0.05) is 41.5 Å². The van der Waals surface area contributed by atoms with Crippen LogP contribution in [0.4, 0.5) is 0 Å². The van der Waals surface area contributed by atoms with Gasteiger partial charge in [0.05, 0.1) is 6.04 Å². The molecule has 2 rings (SSSR count). The van der Waals surface area contributed by atoms with Crippen LogP contribution in [0.25, 0.3) is 0 Å². The van der Waals surface area contributed by atoms with Crippen molar-refractivity contribution in [2.45, 2.75) is 33.7 Å². The van der Waals surface area contributed by atoms with Crippen LogP contribution in [0.15, 0.2) is 42.5 Å². The maximum atomic E-state index is 12.3. The number of hydrogen-bond donors (Lipinski definition) is 1. The summed E-state index contributed by atoms with van der Waals surface area (Å²) in [5.41, 5.74) is 5.39. The highest BCUT2D eigenvalue weighted by Crippen LogP contribution is 2.19. The third kappa shape index (κ3) is 3.27. The van der Waals surface area contributed by atoms with Gasteiger partial charge in [0.25, 0.3) is 5.91 Å². The van der Waals surface area contributed by atoms with Crippen molar-refractivity contribution in [1.29, 1.82) is 0 Å². The van der Waals surface area contributed by atoms with E-state index in [1.807, 2.05) is 38.1 Å². The maximum absolute atomic E-state index is 12.3. The van der Waals surface area contributed by atoms with Gasteiger partial charge in [-0.15, -0.1) is 0 Å². The predicted octanol–water partition coefficient (Wildman–Crippen LogP) is 4.10. The molecule has 2 heteroatoms. The highest BCUT2D eigenvalue weighted by Gasteiger charge is 2.13. The molecule has 0 aliphatic carbocycles. The van der Waals surface area contributed by atoms with Crippen LogP contribution in [0.1, 0.15) is 45.6 Å². The van der Waals surface area contributed by atoms with Crippen LogP contribution in [-0.2, 0) is 0 Å². The molecule has 1 amide bonds. The Hall–Kier alpha value is -2.09. The normalized spacial score (nSPS) is 12.0. The van der Waals surface area contributed by atoms with Crippen LogP contribution in [0.2, 0.25) is 0 Å². The molecule has 0 aliphatic heterocycles. The van der Waals surface area contributed by atoms with Crippen LogP contribution in [-0.4, -0.2) is 5.91 Å². The lowest BCUT2D eigenvalue weighted by molar-refractivity contribution is 0.0939. The van der Waals surface area contributed by atoms with E-state index in [1.54, 1.807) is 0 Å². The van der Waals surface area contributed by atoms with E-state index in [-0.39, 0.29) is 11.9 Å². The van der Waals surface area contributed by atoms with Gasteiger partial charge in [0, 0.05) is 5.56 Å². The van der Waals surface area contributed by atoms with E-state index in [1.165, 1.54) is 16.7 Å². The summed E-state index contributed by atoms with van der Waals surface area (Å²) in [4.78, 5) is 12.3. The Morgan fingerprint density at radius 3 is 2.40 bits per heavy atom. The van der Waals surface area contributed by atoms with Crippen LogP contribution in [0.5, 0.6) is 0 Å². The van der Waals surface area contributed by atoms with Crippen molar-refractivity contribution in [1.82, 2.24) is 5.32 Å². The molecule has 2 nitrogen and oxygen atoms in total. The van der Waals surface area contributed by atoms with Crippen molar-refractivity contribution in [3.05, 3.63) is 70.3 Å². The smallest absolute Gasteiger partial charge is 0.251 e. The quantitative estimate of drug-likeness (QED) is 0.891. The van der Waals surface area contributed by atoms with Gasteiger partial charge < -0.3 is 5.32 Å². The fourth-order valence-electron chi connectivity index (χ4n) is 2.37. The van der Waals surface area contributed by atoms with Gasteiger partial charge >= 0.3 is 0 Å². The summed E-state index contributed by atoms with van der Waals surface area (Å²) in [6.07, 6.45) is 0. The molecule has 0 bridgehead atoms. The van der Waals surface area contributed by atoms with Crippen molar-refractivity contribution in [3.63, 3.8) is 0 Å². The molecule has 2 aromatic rings. The monoisotopic (exact) mass is 267 g/mol. The Bertz CT molecular complexity index is 631. The van der Waals surface area contributed by atoms with Gasteiger partial charge in [0.1, 0.15) is 0 Å². The number of rotatable bonds is 3. The zero-order valence-electron chi connectivity index (χ0n) is 12.5. The van der Waals surface area contributed by atoms with Gasteiger partial charge in [0.15, 0.2) is 0 Å². The van der Waals surface area contributed by atoms with E-state index in [2.05, 4.69) is 37.4 Å². The molecular formula is C18H21NO. The van der Waals surface area contributed by atoms with Crippen LogP contribution < -0.4 is 5.32 Å². The highest BCUT2D eigenvalue weighted by atomic mass is 16.1. The first kappa shape index (κ1) is 14.3. The van der Waals surface area contributed by atoms with Crippen molar-refractivity contribution in [2.75, 3.05) is 0 Å².